The standard InChI is InChI=1S/C18H14O2/c19-17-10-16-15(13-7-3-4-8-14(13)17)9-11-5-1-2-6-12(11)18(16)20/h1-8,15-16H,9-10H2/t15-,16+/m1/s1. The normalized spacial score (nSPS) is 23.8. The predicted molar refractivity (Wildman–Crippen MR) is 76.1 cm³/mol. The molecular weight excluding hydrogens is 248 g/mol. The van der Waals surface area contributed by atoms with Crippen LogP contribution in [-0.2, 0) is 6.42 Å². The number of Topliss-reactive ketones (excluding diaryl/α,β-unsaturated/α-hetero) is 2. The van der Waals surface area contributed by atoms with E-state index in [4.69, 9.17) is 0 Å². The number of carbonyl (C=O) groups is 2. The molecule has 2 aliphatic carbocycles. The molecule has 0 aliphatic heterocycles. The summed E-state index contributed by atoms with van der Waals surface area (Å²) in [5.74, 6) is 0.230. The highest BCUT2D eigenvalue weighted by atomic mass is 16.1. The van der Waals surface area contributed by atoms with E-state index in [9.17, 15) is 9.59 Å². The lowest BCUT2D eigenvalue weighted by molar-refractivity contribution is 0.0800. The van der Waals surface area contributed by atoms with Crippen LogP contribution >= 0.6 is 0 Å². The minimum absolute atomic E-state index is 0.106. The van der Waals surface area contributed by atoms with E-state index in [1.807, 2.05) is 48.5 Å². The highest BCUT2D eigenvalue weighted by Crippen LogP contribution is 2.43. The molecule has 2 aliphatic rings. The number of carbonyl (C=O) groups excluding carboxylic acids is 2. The number of benzene rings is 2. The van der Waals surface area contributed by atoms with Gasteiger partial charge in [0.2, 0.25) is 0 Å². The lowest BCUT2D eigenvalue weighted by Gasteiger charge is -2.36. The molecule has 0 unspecified atom stereocenters. The molecule has 0 bridgehead atoms. The molecule has 0 heterocycles. The Labute approximate surface area is 117 Å². The number of ketones is 2. The quantitative estimate of drug-likeness (QED) is 0.729. The molecule has 2 atom stereocenters. The van der Waals surface area contributed by atoms with Crippen molar-refractivity contribution in [3.05, 3.63) is 70.8 Å². The van der Waals surface area contributed by atoms with Gasteiger partial charge in [0.25, 0.3) is 0 Å². The first-order valence-corrected chi connectivity index (χ1v) is 7.00. The molecule has 0 fully saturated rings. The van der Waals surface area contributed by atoms with E-state index in [1.165, 1.54) is 0 Å². The molecule has 0 saturated carbocycles. The summed E-state index contributed by atoms with van der Waals surface area (Å²) in [4.78, 5) is 24.9. The third-order valence-corrected chi connectivity index (χ3v) is 4.61. The maximum atomic E-state index is 12.7. The van der Waals surface area contributed by atoms with Gasteiger partial charge in [-0.2, -0.15) is 0 Å². The van der Waals surface area contributed by atoms with Gasteiger partial charge in [0.05, 0.1) is 0 Å². The maximum Gasteiger partial charge on any atom is 0.167 e. The van der Waals surface area contributed by atoms with Crippen LogP contribution in [0.4, 0.5) is 0 Å². The Balaban J connectivity index is 1.89. The van der Waals surface area contributed by atoms with Crippen molar-refractivity contribution in [2.24, 2.45) is 5.92 Å². The monoisotopic (exact) mass is 262 g/mol. The number of rotatable bonds is 0. The predicted octanol–water partition coefficient (Wildman–Crippen LogP) is 3.41. The topological polar surface area (TPSA) is 34.1 Å². The molecule has 20 heavy (non-hydrogen) atoms. The zero-order valence-electron chi connectivity index (χ0n) is 11.0. The highest BCUT2D eigenvalue weighted by Gasteiger charge is 2.41. The van der Waals surface area contributed by atoms with Gasteiger partial charge in [0, 0.05) is 23.5 Å². The van der Waals surface area contributed by atoms with Gasteiger partial charge >= 0.3 is 0 Å². The van der Waals surface area contributed by atoms with Crippen LogP contribution in [-0.4, -0.2) is 11.6 Å². The Kier molecular flexibility index (Phi) is 2.40. The van der Waals surface area contributed by atoms with Gasteiger partial charge in [-0.1, -0.05) is 48.5 Å². The van der Waals surface area contributed by atoms with Crippen molar-refractivity contribution in [3.63, 3.8) is 0 Å². The zero-order valence-corrected chi connectivity index (χ0v) is 11.0. The van der Waals surface area contributed by atoms with Crippen molar-refractivity contribution in [2.45, 2.75) is 18.8 Å². The summed E-state index contributed by atoms with van der Waals surface area (Å²) in [7, 11) is 0. The van der Waals surface area contributed by atoms with Gasteiger partial charge in [-0.15, -0.1) is 0 Å². The molecule has 0 spiro atoms. The molecule has 0 radical (unpaired) electrons. The first kappa shape index (κ1) is 11.6. The van der Waals surface area contributed by atoms with E-state index in [2.05, 4.69) is 0 Å². The lowest BCUT2D eigenvalue weighted by atomic mass is 9.65. The molecule has 2 nitrogen and oxygen atoms in total. The molecule has 0 amide bonds. The van der Waals surface area contributed by atoms with Crippen molar-refractivity contribution in [1.82, 2.24) is 0 Å². The van der Waals surface area contributed by atoms with Gasteiger partial charge in [-0.05, 0) is 23.5 Å². The van der Waals surface area contributed by atoms with Crippen LogP contribution in [0.3, 0.4) is 0 Å². The number of fused-ring (bicyclic) bond motifs is 4. The second-order valence-electron chi connectivity index (χ2n) is 5.65. The summed E-state index contributed by atoms with van der Waals surface area (Å²) < 4.78 is 0. The molecule has 2 aromatic carbocycles. The molecule has 4 rings (SSSR count). The molecule has 98 valence electrons. The minimum Gasteiger partial charge on any atom is -0.294 e. The third kappa shape index (κ3) is 1.51. The largest absolute Gasteiger partial charge is 0.294 e. The van der Waals surface area contributed by atoms with E-state index in [-0.39, 0.29) is 23.4 Å². The SMILES string of the molecule is O=C1C[C@@H]2C(=O)c3ccccc3C[C@@H]2c2ccccc21. The first-order valence-electron chi connectivity index (χ1n) is 7.00. The number of hydrogen-bond acceptors (Lipinski definition) is 2. The molecule has 0 saturated heterocycles. The van der Waals surface area contributed by atoms with E-state index < -0.39 is 0 Å². The van der Waals surface area contributed by atoms with Crippen LogP contribution in [0.25, 0.3) is 0 Å². The third-order valence-electron chi connectivity index (χ3n) is 4.61. The fourth-order valence-corrected chi connectivity index (χ4v) is 3.65. The lowest BCUT2D eigenvalue weighted by Crippen LogP contribution is -2.36. The van der Waals surface area contributed by atoms with Crippen molar-refractivity contribution in [3.8, 4) is 0 Å². The van der Waals surface area contributed by atoms with Crippen LogP contribution in [0.15, 0.2) is 48.5 Å². The summed E-state index contributed by atoms with van der Waals surface area (Å²) in [6.45, 7) is 0. The van der Waals surface area contributed by atoms with E-state index in [0.29, 0.717) is 6.42 Å². The molecular formula is C18H14O2. The Morgan fingerprint density at radius 2 is 1.45 bits per heavy atom. The van der Waals surface area contributed by atoms with Gasteiger partial charge in [0.15, 0.2) is 11.6 Å². The van der Waals surface area contributed by atoms with Crippen LogP contribution in [0.1, 0.15) is 44.2 Å². The van der Waals surface area contributed by atoms with Gasteiger partial charge < -0.3 is 0 Å². The second-order valence-corrected chi connectivity index (χ2v) is 5.65. The van der Waals surface area contributed by atoms with Gasteiger partial charge in [-0.3, -0.25) is 9.59 Å². The fraction of sp³-hybridized carbons (Fsp3) is 0.222. The average molecular weight is 262 g/mol. The van der Waals surface area contributed by atoms with Crippen LogP contribution < -0.4 is 0 Å². The summed E-state index contributed by atoms with van der Waals surface area (Å²) in [5, 5.41) is 0. The summed E-state index contributed by atoms with van der Waals surface area (Å²) >= 11 is 0. The Morgan fingerprint density at radius 3 is 2.30 bits per heavy atom. The number of hydrogen-bond donors (Lipinski definition) is 0. The molecule has 0 aromatic heterocycles. The average Bonchev–Trinajstić information content (AvgIpc) is 2.49. The van der Waals surface area contributed by atoms with Crippen molar-refractivity contribution in [1.29, 1.82) is 0 Å². The van der Waals surface area contributed by atoms with Crippen LogP contribution in [0, 0.1) is 5.92 Å². The Hall–Kier alpha value is -2.22. The van der Waals surface area contributed by atoms with E-state index in [1.54, 1.807) is 0 Å². The van der Waals surface area contributed by atoms with Crippen LogP contribution in [0.5, 0.6) is 0 Å². The highest BCUT2D eigenvalue weighted by molar-refractivity contribution is 6.08. The summed E-state index contributed by atoms with van der Waals surface area (Å²) in [5.41, 5.74) is 3.78. The van der Waals surface area contributed by atoms with Crippen molar-refractivity contribution in [2.75, 3.05) is 0 Å². The summed E-state index contributed by atoms with van der Waals surface area (Å²) in [6, 6.07) is 15.5. The van der Waals surface area contributed by atoms with E-state index in [0.717, 1.165) is 28.7 Å². The first-order chi connectivity index (χ1) is 9.75. The zero-order chi connectivity index (χ0) is 13.7. The van der Waals surface area contributed by atoms with E-state index >= 15 is 0 Å². The van der Waals surface area contributed by atoms with Crippen molar-refractivity contribution < 1.29 is 9.59 Å². The minimum atomic E-state index is -0.174. The summed E-state index contributed by atoms with van der Waals surface area (Å²) in [6.07, 6.45) is 1.21. The van der Waals surface area contributed by atoms with Gasteiger partial charge in [0.1, 0.15) is 0 Å². The smallest absolute Gasteiger partial charge is 0.167 e. The molecule has 2 aromatic rings. The molecule has 2 heteroatoms. The van der Waals surface area contributed by atoms with Gasteiger partial charge in [-0.25, -0.2) is 0 Å². The Bertz CT molecular complexity index is 730. The maximum absolute atomic E-state index is 12.7. The second kappa shape index (κ2) is 4.14. The van der Waals surface area contributed by atoms with Crippen molar-refractivity contribution >= 4 is 11.6 Å². The molecule has 0 N–H and O–H groups in total. The Morgan fingerprint density at radius 1 is 0.750 bits per heavy atom. The van der Waals surface area contributed by atoms with Crippen LogP contribution in [0.2, 0.25) is 0 Å². The fourth-order valence-electron chi connectivity index (χ4n) is 3.65.